The Bertz CT molecular complexity index is 401. The molecule has 3 nitrogen and oxygen atoms in total. The number of rotatable bonds is 4. The molecule has 2 rings (SSSR count). The monoisotopic (exact) mass is 266 g/mol. The maximum atomic E-state index is 14.1. The van der Waals surface area contributed by atoms with E-state index in [0.717, 1.165) is 37.4 Å². The molecule has 1 aliphatic heterocycles. The fourth-order valence-corrected chi connectivity index (χ4v) is 2.31. The molecule has 0 aliphatic carbocycles. The van der Waals surface area contributed by atoms with Crippen molar-refractivity contribution in [3.05, 3.63) is 29.6 Å². The van der Waals surface area contributed by atoms with Crippen LogP contribution >= 0.6 is 0 Å². The highest BCUT2D eigenvalue weighted by Gasteiger charge is 2.16. The van der Waals surface area contributed by atoms with Crippen LogP contribution in [0, 0.1) is 5.82 Å². The molecular weight excluding hydrogens is 243 g/mol. The van der Waals surface area contributed by atoms with E-state index in [0.29, 0.717) is 19.2 Å². The number of anilines is 1. The van der Waals surface area contributed by atoms with Crippen molar-refractivity contribution in [2.75, 3.05) is 31.2 Å². The van der Waals surface area contributed by atoms with Gasteiger partial charge in [0.05, 0.1) is 6.61 Å². The zero-order valence-electron chi connectivity index (χ0n) is 11.8. The van der Waals surface area contributed by atoms with Gasteiger partial charge in [0.15, 0.2) is 0 Å². The molecule has 0 amide bonds. The van der Waals surface area contributed by atoms with Crippen LogP contribution in [0.4, 0.5) is 10.1 Å². The Hall–Kier alpha value is -1.13. The lowest BCUT2D eigenvalue weighted by atomic mass is 10.1. The van der Waals surface area contributed by atoms with Crippen molar-refractivity contribution < 1.29 is 9.13 Å². The van der Waals surface area contributed by atoms with Gasteiger partial charge in [0.1, 0.15) is 5.82 Å². The normalized spacial score (nSPS) is 16.7. The van der Waals surface area contributed by atoms with E-state index in [1.54, 1.807) is 6.07 Å². The zero-order chi connectivity index (χ0) is 13.7. The maximum absolute atomic E-state index is 14.1. The average Bonchev–Trinajstić information content (AvgIpc) is 2.65. The van der Waals surface area contributed by atoms with Gasteiger partial charge in [0.25, 0.3) is 0 Å². The highest BCUT2D eigenvalue weighted by Crippen LogP contribution is 2.24. The number of hydrogen-bond donors (Lipinski definition) is 1. The first-order valence-corrected chi connectivity index (χ1v) is 7.02. The number of ether oxygens (including phenoxy) is 1. The van der Waals surface area contributed by atoms with Crippen molar-refractivity contribution in [1.29, 1.82) is 0 Å². The molecule has 0 bridgehead atoms. The lowest BCUT2D eigenvalue weighted by molar-refractivity contribution is 0.152. The maximum Gasteiger partial charge on any atom is 0.129 e. The van der Waals surface area contributed by atoms with Gasteiger partial charge in [-0.3, -0.25) is 0 Å². The summed E-state index contributed by atoms with van der Waals surface area (Å²) in [6, 6.07) is 5.68. The third-order valence-electron chi connectivity index (χ3n) is 3.34. The van der Waals surface area contributed by atoms with E-state index in [4.69, 9.17) is 4.74 Å². The fourth-order valence-electron chi connectivity index (χ4n) is 2.31. The summed E-state index contributed by atoms with van der Waals surface area (Å²) in [5.74, 6) is -0.129. The minimum atomic E-state index is -0.129. The number of halogens is 1. The van der Waals surface area contributed by atoms with Gasteiger partial charge in [-0.2, -0.15) is 0 Å². The summed E-state index contributed by atoms with van der Waals surface area (Å²) in [7, 11) is 0. The van der Waals surface area contributed by atoms with Crippen LogP contribution in [0.15, 0.2) is 18.2 Å². The number of benzene rings is 1. The molecule has 1 saturated heterocycles. The van der Waals surface area contributed by atoms with Crippen molar-refractivity contribution in [3.8, 4) is 0 Å². The van der Waals surface area contributed by atoms with E-state index in [1.807, 2.05) is 6.07 Å². The predicted octanol–water partition coefficient (Wildman–Crippen LogP) is 2.55. The largest absolute Gasteiger partial charge is 0.380 e. The van der Waals surface area contributed by atoms with Crippen molar-refractivity contribution in [2.24, 2.45) is 0 Å². The topological polar surface area (TPSA) is 24.5 Å². The van der Waals surface area contributed by atoms with Crippen LogP contribution in [0.3, 0.4) is 0 Å². The first kappa shape index (κ1) is 14.3. The number of nitrogens with zero attached hydrogens (tertiary/aromatic N) is 1. The van der Waals surface area contributed by atoms with Crippen LogP contribution in [-0.2, 0) is 11.3 Å². The minimum absolute atomic E-state index is 0.129. The van der Waals surface area contributed by atoms with E-state index in [-0.39, 0.29) is 5.82 Å². The minimum Gasteiger partial charge on any atom is -0.380 e. The number of hydrogen-bond acceptors (Lipinski definition) is 3. The Labute approximate surface area is 114 Å². The molecule has 0 spiro atoms. The Kier molecular flexibility index (Phi) is 5.16. The fraction of sp³-hybridized carbons (Fsp3) is 0.600. The van der Waals surface area contributed by atoms with Gasteiger partial charge in [-0.05, 0) is 18.6 Å². The quantitative estimate of drug-likeness (QED) is 0.906. The van der Waals surface area contributed by atoms with Crippen molar-refractivity contribution in [2.45, 2.75) is 32.9 Å². The first-order chi connectivity index (χ1) is 9.18. The molecular formula is C15H23FN2O. The van der Waals surface area contributed by atoms with E-state index >= 15 is 0 Å². The SMILES string of the molecule is CC(C)NCc1c(F)cccc1N1CCCOCC1. The second-order valence-corrected chi connectivity index (χ2v) is 5.23. The molecule has 1 heterocycles. The second kappa shape index (κ2) is 6.87. The van der Waals surface area contributed by atoms with Crippen LogP contribution < -0.4 is 10.2 Å². The van der Waals surface area contributed by atoms with Crippen molar-refractivity contribution in [3.63, 3.8) is 0 Å². The lowest BCUT2D eigenvalue weighted by Gasteiger charge is -2.25. The molecule has 0 unspecified atom stereocenters. The Morgan fingerprint density at radius 1 is 1.32 bits per heavy atom. The van der Waals surface area contributed by atoms with Gasteiger partial charge >= 0.3 is 0 Å². The van der Waals surface area contributed by atoms with Gasteiger partial charge in [0.2, 0.25) is 0 Å². The summed E-state index contributed by atoms with van der Waals surface area (Å²) in [5.41, 5.74) is 1.76. The van der Waals surface area contributed by atoms with Crippen molar-refractivity contribution >= 4 is 5.69 Å². The highest BCUT2D eigenvalue weighted by atomic mass is 19.1. The summed E-state index contributed by atoms with van der Waals surface area (Å²) >= 11 is 0. The Morgan fingerprint density at radius 3 is 2.95 bits per heavy atom. The molecule has 1 aliphatic rings. The van der Waals surface area contributed by atoms with E-state index in [1.165, 1.54) is 6.07 Å². The molecule has 19 heavy (non-hydrogen) atoms. The first-order valence-electron chi connectivity index (χ1n) is 7.02. The smallest absolute Gasteiger partial charge is 0.129 e. The van der Waals surface area contributed by atoms with Crippen LogP contribution in [0.5, 0.6) is 0 Å². The summed E-state index contributed by atoms with van der Waals surface area (Å²) in [6.07, 6.45) is 0.994. The van der Waals surface area contributed by atoms with Crippen LogP contribution in [0.2, 0.25) is 0 Å². The molecule has 0 radical (unpaired) electrons. The van der Waals surface area contributed by atoms with Crippen LogP contribution in [0.25, 0.3) is 0 Å². The average molecular weight is 266 g/mol. The van der Waals surface area contributed by atoms with Crippen molar-refractivity contribution in [1.82, 2.24) is 5.32 Å². The molecule has 1 aromatic carbocycles. The lowest BCUT2D eigenvalue weighted by Crippen LogP contribution is -2.29. The second-order valence-electron chi connectivity index (χ2n) is 5.23. The summed E-state index contributed by atoms with van der Waals surface area (Å²) in [5, 5.41) is 3.30. The summed E-state index contributed by atoms with van der Waals surface area (Å²) < 4.78 is 19.5. The third-order valence-corrected chi connectivity index (χ3v) is 3.34. The third kappa shape index (κ3) is 3.91. The van der Waals surface area contributed by atoms with Gasteiger partial charge < -0.3 is 15.0 Å². The van der Waals surface area contributed by atoms with Gasteiger partial charge in [0, 0.05) is 43.5 Å². The molecule has 0 aromatic heterocycles. The van der Waals surface area contributed by atoms with E-state index < -0.39 is 0 Å². The van der Waals surface area contributed by atoms with Gasteiger partial charge in [-0.15, -0.1) is 0 Å². The zero-order valence-corrected chi connectivity index (χ0v) is 11.8. The summed E-state index contributed by atoms with van der Waals surface area (Å²) in [4.78, 5) is 2.23. The summed E-state index contributed by atoms with van der Waals surface area (Å²) in [6.45, 7) is 7.98. The van der Waals surface area contributed by atoms with E-state index in [2.05, 4.69) is 24.1 Å². The van der Waals surface area contributed by atoms with Gasteiger partial charge in [-0.25, -0.2) is 4.39 Å². The van der Waals surface area contributed by atoms with E-state index in [9.17, 15) is 4.39 Å². The molecule has 1 fully saturated rings. The number of nitrogens with one attached hydrogen (secondary N) is 1. The molecule has 0 saturated carbocycles. The standard InChI is InChI=1S/C15H23FN2O/c1-12(2)17-11-13-14(16)5-3-6-15(13)18-7-4-9-19-10-8-18/h3,5-6,12,17H,4,7-11H2,1-2H3. The van der Waals surface area contributed by atoms with Crippen LogP contribution in [0.1, 0.15) is 25.8 Å². The van der Waals surface area contributed by atoms with Crippen LogP contribution in [-0.4, -0.2) is 32.3 Å². The van der Waals surface area contributed by atoms with Gasteiger partial charge in [-0.1, -0.05) is 19.9 Å². The molecule has 0 atom stereocenters. The molecule has 4 heteroatoms. The molecule has 1 aromatic rings. The molecule has 106 valence electrons. The Morgan fingerprint density at radius 2 is 2.16 bits per heavy atom. The molecule has 1 N–H and O–H groups in total. The predicted molar refractivity (Wildman–Crippen MR) is 76.0 cm³/mol. The highest BCUT2D eigenvalue weighted by molar-refractivity contribution is 5.54. The Balaban J connectivity index is 2.19.